The molecule has 7 heteroatoms. The minimum absolute atomic E-state index is 0.326. The summed E-state index contributed by atoms with van der Waals surface area (Å²) in [5, 5.41) is 6.90. The zero-order valence-corrected chi connectivity index (χ0v) is 6.69. The first-order valence-electron chi connectivity index (χ1n) is 3.26. The lowest BCUT2D eigenvalue weighted by Gasteiger charge is -1.96. The fraction of sp³-hybridized carbons (Fsp3) is 0.600. The molecule has 0 heterocycles. The van der Waals surface area contributed by atoms with Crippen LogP contribution in [0.4, 0.5) is 4.79 Å². The van der Waals surface area contributed by atoms with Crippen molar-refractivity contribution >= 4 is 11.7 Å². The Labute approximate surface area is 69.2 Å². The molecule has 0 aliphatic carbocycles. The Hall–Kier alpha value is -1.75. The van der Waals surface area contributed by atoms with Crippen LogP contribution in [0.3, 0.4) is 0 Å². The maximum atomic E-state index is 10.2. The Morgan fingerprint density at radius 2 is 2.42 bits per heavy atom. The molecule has 7 nitrogen and oxygen atoms in total. The van der Waals surface area contributed by atoms with E-state index in [2.05, 4.69) is 20.6 Å². The van der Waals surface area contributed by atoms with Gasteiger partial charge in [-0.05, 0) is 18.9 Å². The molecule has 0 aliphatic heterocycles. The summed E-state index contributed by atoms with van der Waals surface area (Å²) in [6, 6.07) is -0.710. The van der Waals surface area contributed by atoms with Gasteiger partial charge < -0.3 is 5.73 Å². The summed E-state index contributed by atoms with van der Waals surface area (Å²) in [7, 11) is 0. The van der Waals surface area contributed by atoms with Crippen molar-refractivity contribution in [3.05, 3.63) is 10.4 Å². The van der Waals surface area contributed by atoms with E-state index in [0.29, 0.717) is 18.7 Å². The molecule has 0 unspecified atom stereocenters. The highest BCUT2D eigenvalue weighted by molar-refractivity contribution is 5.83. The van der Waals surface area contributed by atoms with Crippen molar-refractivity contribution in [1.82, 2.24) is 5.43 Å². The second-order valence-corrected chi connectivity index (χ2v) is 2.03. The first-order chi connectivity index (χ1) is 5.66. The normalized spacial score (nSPS) is 10.2. The van der Waals surface area contributed by atoms with Gasteiger partial charge in [-0.1, -0.05) is 5.11 Å². The summed E-state index contributed by atoms with van der Waals surface area (Å²) in [5.41, 5.74) is 15.4. The molecule has 0 aromatic carbocycles. The third kappa shape index (κ3) is 6.37. The van der Waals surface area contributed by atoms with Gasteiger partial charge in [0.25, 0.3) is 0 Å². The number of amides is 2. The molecule has 0 fully saturated rings. The number of nitrogens with one attached hydrogen (secondary N) is 1. The zero-order chi connectivity index (χ0) is 9.40. The summed E-state index contributed by atoms with van der Waals surface area (Å²) in [4.78, 5) is 12.7. The molecule has 66 valence electrons. The summed E-state index contributed by atoms with van der Waals surface area (Å²) >= 11 is 0. The standard InChI is InChI=1S/C5H10N6O/c1-4(2-3-8-11-7)9-10-5(6)12/h2-3H2,1H3,(H3,6,10,12). The molecule has 3 N–H and O–H groups in total. The molecule has 0 atom stereocenters. The molecule has 2 amide bonds. The van der Waals surface area contributed by atoms with Crippen LogP contribution in [-0.4, -0.2) is 18.3 Å². The number of carbonyl (C=O) groups excluding carboxylic acids is 1. The van der Waals surface area contributed by atoms with Crippen LogP contribution >= 0.6 is 0 Å². The lowest BCUT2D eigenvalue weighted by Crippen LogP contribution is -2.25. The Kier molecular flexibility index (Phi) is 5.12. The number of urea groups is 1. The van der Waals surface area contributed by atoms with E-state index in [1.54, 1.807) is 6.92 Å². The largest absolute Gasteiger partial charge is 0.350 e. The third-order valence-electron chi connectivity index (χ3n) is 0.994. The number of primary amides is 1. The van der Waals surface area contributed by atoms with Crippen LogP contribution in [-0.2, 0) is 0 Å². The highest BCUT2D eigenvalue weighted by atomic mass is 16.2. The van der Waals surface area contributed by atoms with Crippen molar-refractivity contribution in [3.63, 3.8) is 0 Å². The van der Waals surface area contributed by atoms with Gasteiger partial charge in [-0.25, -0.2) is 10.2 Å². The van der Waals surface area contributed by atoms with E-state index in [1.807, 2.05) is 0 Å². The topological polar surface area (TPSA) is 116 Å². The molecule has 0 saturated heterocycles. The Bertz CT molecular complexity index is 228. The highest BCUT2D eigenvalue weighted by Gasteiger charge is 1.91. The van der Waals surface area contributed by atoms with E-state index >= 15 is 0 Å². The van der Waals surface area contributed by atoms with Gasteiger partial charge in [0.05, 0.1) is 0 Å². The van der Waals surface area contributed by atoms with Gasteiger partial charge in [0, 0.05) is 17.2 Å². The lowest BCUT2D eigenvalue weighted by atomic mass is 10.3. The van der Waals surface area contributed by atoms with E-state index in [1.165, 1.54) is 0 Å². The van der Waals surface area contributed by atoms with Crippen molar-refractivity contribution in [2.24, 2.45) is 15.9 Å². The summed E-state index contributed by atoms with van der Waals surface area (Å²) in [6.45, 7) is 2.02. The van der Waals surface area contributed by atoms with Gasteiger partial charge >= 0.3 is 6.03 Å². The molecule has 0 aromatic rings. The van der Waals surface area contributed by atoms with Gasteiger partial charge in [0.1, 0.15) is 0 Å². The van der Waals surface area contributed by atoms with E-state index in [0.717, 1.165) is 0 Å². The summed E-state index contributed by atoms with van der Waals surface area (Å²) < 4.78 is 0. The molecule has 0 bridgehead atoms. The summed E-state index contributed by atoms with van der Waals surface area (Å²) in [6.07, 6.45) is 0.504. The smallest absolute Gasteiger partial charge is 0.332 e. The number of carbonyl (C=O) groups is 1. The Morgan fingerprint density at radius 3 is 2.92 bits per heavy atom. The van der Waals surface area contributed by atoms with Crippen LogP contribution in [0.15, 0.2) is 10.2 Å². The molecule has 0 saturated carbocycles. The van der Waals surface area contributed by atoms with Crippen LogP contribution in [0.5, 0.6) is 0 Å². The Morgan fingerprint density at radius 1 is 1.75 bits per heavy atom. The van der Waals surface area contributed by atoms with Gasteiger partial charge in [0.15, 0.2) is 0 Å². The van der Waals surface area contributed by atoms with E-state index in [-0.39, 0.29) is 0 Å². The highest BCUT2D eigenvalue weighted by Crippen LogP contribution is 1.85. The van der Waals surface area contributed by atoms with Gasteiger partial charge in [0.2, 0.25) is 0 Å². The van der Waals surface area contributed by atoms with Crippen LogP contribution in [0.1, 0.15) is 13.3 Å². The van der Waals surface area contributed by atoms with Crippen LogP contribution < -0.4 is 11.2 Å². The average Bonchev–Trinajstić information content (AvgIpc) is 2.01. The monoisotopic (exact) mass is 170 g/mol. The van der Waals surface area contributed by atoms with Crippen LogP contribution in [0.2, 0.25) is 0 Å². The predicted molar refractivity (Wildman–Crippen MR) is 44.5 cm³/mol. The van der Waals surface area contributed by atoms with Crippen molar-refractivity contribution in [2.75, 3.05) is 6.54 Å². The predicted octanol–water partition coefficient (Wildman–Crippen LogP) is 0.731. The maximum absolute atomic E-state index is 10.2. The minimum atomic E-state index is -0.710. The number of hydrazone groups is 1. The fourth-order valence-electron chi connectivity index (χ4n) is 0.463. The number of azide groups is 1. The third-order valence-corrected chi connectivity index (χ3v) is 0.994. The number of rotatable bonds is 4. The number of nitrogens with zero attached hydrogens (tertiary/aromatic N) is 4. The minimum Gasteiger partial charge on any atom is -0.350 e. The quantitative estimate of drug-likeness (QED) is 0.209. The van der Waals surface area contributed by atoms with Crippen molar-refractivity contribution < 1.29 is 4.79 Å². The van der Waals surface area contributed by atoms with E-state index in [4.69, 9.17) is 11.3 Å². The van der Waals surface area contributed by atoms with Gasteiger partial charge in [-0.15, -0.1) is 0 Å². The van der Waals surface area contributed by atoms with Crippen molar-refractivity contribution in [3.8, 4) is 0 Å². The first kappa shape index (κ1) is 10.2. The SMILES string of the molecule is CC(CCN=[N+]=[N-])=NNC(N)=O. The Balaban J connectivity index is 3.69. The van der Waals surface area contributed by atoms with Crippen LogP contribution in [0, 0.1) is 0 Å². The molecule has 0 spiro atoms. The first-order valence-corrected chi connectivity index (χ1v) is 3.26. The zero-order valence-electron chi connectivity index (χ0n) is 6.69. The van der Waals surface area contributed by atoms with Gasteiger partial charge in [-0.3, -0.25) is 0 Å². The molecular weight excluding hydrogens is 160 g/mol. The molecule has 12 heavy (non-hydrogen) atoms. The van der Waals surface area contributed by atoms with E-state index in [9.17, 15) is 4.79 Å². The molecule has 0 aliphatic rings. The second kappa shape index (κ2) is 5.99. The maximum Gasteiger partial charge on any atom is 0.332 e. The summed E-state index contributed by atoms with van der Waals surface area (Å²) in [5.74, 6) is 0. The molecule has 0 aromatic heterocycles. The number of nitrogens with two attached hydrogens (primary N) is 1. The van der Waals surface area contributed by atoms with Gasteiger partial charge in [-0.2, -0.15) is 5.10 Å². The number of hydrogen-bond donors (Lipinski definition) is 2. The van der Waals surface area contributed by atoms with Crippen molar-refractivity contribution in [2.45, 2.75) is 13.3 Å². The molecular formula is C5H10N6O. The van der Waals surface area contributed by atoms with E-state index < -0.39 is 6.03 Å². The van der Waals surface area contributed by atoms with Crippen LogP contribution in [0.25, 0.3) is 10.4 Å². The molecule has 0 radical (unpaired) electrons. The lowest BCUT2D eigenvalue weighted by molar-refractivity contribution is 0.249. The fourth-order valence-corrected chi connectivity index (χ4v) is 0.463. The van der Waals surface area contributed by atoms with Crippen molar-refractivity contribution in [1.29, 1.82) is 0 Å². The molecule has 0 rings (SSSR count). The average molecular weight is 170 g/mol. The second-order valence-electron chi connectivity index (χ2n) is 2.03. The number of hydrogen-bond acceptors (Lipinski definition) is 3.